The maximum Gasteiger partial charge on any atom is 0.354 e. The van der Waals surface area contributed by atoms with Crippen molar-refractivity contribution in [1.29, 1.82) is 5.26 Å². The Hall–Kier alpha value is -2.81. The van der Waals surface area contributed by atoms with Gasteiger partial charge < -0.3 is 13.9 Å². The number of Topliss-reactive ketones (excluding diaryl/α,β-unsaturated/α-hetero) is 1. The van der Waals surface area contributed by atoms with Crippen LogP contribution in [0.3, 0.4) is 0 Å². The minimum Gasteiger partial charge on any atom is -0.495 e. The van der Waals surface area contributed by atoms with Crippen LogP contribution in [0.15, 0.2) is 21.3 Å². The van der Waals surface area contributed by atoms with Crippen LogP contribution >= 0.6 is 0 Å². The molecule has 128 valence electrons. The molecule has 1 spiro atoms. The summed E-state index contributed by atoms with van der Waals surface area (Å²) in [7, 11) is 1.45. The number of carbonyl (C=O) groups excluding carboxylic acids is 1. The molecule has 25 heavy (non-hydrogen) atoms. The number of nitrogens with zero attached hydrogens (tertiary/aromatic N) is 1. The maximum absolute atomic E-state index is 12.9. The van der Waals surface area contributed by atoms with Gasteiger partial charge in [0, 0.05) is 6.07 Å². The number of hydrogen-bond donors (Lipinski definition) is 0. The molecule has 6 nitrogen and oxygen atoms in total. The number of methoxy groups -OCH3 is 1. The van der Waals surface area contributed by atoms with Gasteiger partial charge in [-0.1, -0.05) is 6.42 Å². The van der Waals surface area contributed by atoms with Gasteiger partial charge in [0.15, 0.2) is 5.78 Å². The molecule has 1 aliphatic heterocycles. The van der Waals surface area contributed by atoms with Crippen LogP contribution in [0.1, 0.15) is 54.4 Å². The van der Waals surface area contributed by atoms with Crippen molar-refractivity contribution >= 4 is 16.8 Å². The van der Waals surface area contributed by atoms with E-state index in [2.05, 4.69) is 0 Å². The van der Waals surface area contributed by atoms with Crippen LogP contribution in [0.4, 0.5) is 0 Å². The van der Waals surface area contributed by atoms with Crippen LogP contribution in [-0.2, 0) is 0 Å². The topological polar surface area (TPSA) is 89.5 Å². The number of ether oxygens (including phenoxy) is 2. The number of ketones is 1. The van der Waals surface area contributed by atoms with Crippen LogP contribution in [-0.4, -0.2) is 18.5 Å². The van der Waals surface area contributed by atoms with Crippen molar-refractivity contribution in [3.05, 3.63) is 33.7 Å². The molecule has 0 N–H and O–H groups in total. The summed E-state index contributed by atoms with van der Waals surface area (Å²) in [4.78, 5) is 24.7. The average Bonchev–Trinajstić information content (AvgIpc) is 2.60. The Balaban J connectivity index is 1.95. The number of rotatable bonds is 1. The van der Waals surface area contributed by atoms with E-state index in [1.54, 1.807) is 12.1 Å². The molecule has 1 aromatic carbocycles. The number of nitriles is 1. The lowest BCUT2D eigenvalue weighted by molar-refractivity contribution is 0.0133. The van der Waals surface area contributed by atoms with E-state index in [0.717, 1.165) is 32.1 Å². The van der Waals surface area contributed by atoms with Crippen LogP contribution in [0.2, 0.25) is 0 Å². The zero-order chi connectivity index (χ0) is 17.6. The molecule has 0 bridgehead atoms. The molecule has 4 rings (SSSR count). The summed E-state index contributed by atoms with van der Waals surface area (Å²) < 4.78 is 16.9. The molecule has 2 aliphatic rings. The maximum atomic E-state index is 12.9. The third kappa shape index (κ3) is 2.39. The number of fused-ring (bicyclic) bond motifs is 2. The largest absolute Gasteiger partial charge is 0.495 e. The van der Waals surface area contributed by atoms with E-state index < -0.39 is 11.2 Å². The molecule has 0 atom stereocenters. The Morgan fingerprint density at radius 3 is 2.64 bits per heavy atom. The van der Waals surface area contributed by atoms with Gasteiger partial charge in [-0.05, 0) is 31.7 Å². The Bertz CT molecular complexity index is 976. The minimum absolute atomic E-state index is 0.0355. The zero-order valence-electron chi connectivity index (χ0n) is 13.9. The van der Waals surface area contributed by atoms with Crippen LogP contribution in [0, 0.1) is 11.3 Å². The van der Waals surface area contributed by atoms with Gasteiger partial charge in [-0.25, -0.2) is 4.79 Å². The lowest BCUT2D eigenvalue weighted by Gasteiger charge is -2.41. The molecular formula is C19H17NO5. The second-order valence-electron chi connectivity index (χ2n) is 6.70. The fraction of sp³-hybridized carbons (Fsp3) is 0.421. The first-order valence-corrected chi connectivity index (χ1v) is 8.38. The molecule has 1 saturated carbocycles. The van der Waals surface area contributed by atoms with E-state index in [1.165, 1.54) is 13.2 Å². The highest BCUT2D eigenvalue weighted by atomic mass is 16.5. The van der Waals surface area contributed by atoms with Crippen LogP contribution in [0.25, 0.3) is 11.0 Å². The lowest BCUT2D eigenvalue weighted by Crippen LogP contribution is -2.43. The van der Waals surface area contributed by atoms with Gasteiger partial charge in [0.1, 0.15) is 39.9 Å². The molecule has 2 aromatic rings. The number of benzene rings is 1. The first kappa shape index (κ1) is 15.7. The molecular weight excluding hydrogens is 322 g/mol. The highest BCUT2D eigenvalue weighted by Gasteiger charge is 2.43. The van der Waals surface area contributed by atoms with Crippen molar-refractivity contribution in [3.8, 4) is 17.6 Å². The number of hydrogen-bond acceptors (Lipinski definition) is 6. The quantitative estimate of drug-likeness (QED) is 0.740. The highest BCUT2D eigenvalue weighted by Crippen LogP contribution is 2.47. The first-order chi connectivity index (χ1) is 12.1. The van der Waals surface area contributed by atoms with Gasteiger partial charge >= 0.3 is 5.63 Å². The highest BCUT2D eigenvalue weighted by molar-refractivity contribution is 6.08. The minimum atomic E-state index is -0.716. The average molecular weight is 339 g/mol. The SMILES string of the molecule is COc1c2c(cc3oc(=O)c(C#N)cc13)OC1(CCCCC1)CC2=O. The van der Waals surface area contributed by atoms with Crippen molar-refractivity contribution in [2.45, 2.75) is 44.1 Å². The second-order valence-corrected chi connectivity index (χ2v) is 6.70. The predicted molar refractivity (Wildman–Crippen MR) is 89.1 cm³/mol. The van der Waals surface area contributed by atoms with Gasteiger partial charge in [0.25, 0.3) is 0 Å². The van der Waals surface area contributed by atoms with E-state index in [-0.39, 0.29) is 16.9 Å². The first-order valence-electron chi connectivity index (χ1n) is 8.38. The van der Waals surface area contributed by atoms with Gasteiger partial charge in [-0.2, -0.15) is 5.26 Å². The standard InChI is InChI=1S/C19H17NO5/c1-23-17-12-7-11(10-20)18(22)24-14(12)8-15-16(17)13(21)9-19(25-15)5-3-2-4-6-19/h7-8H,2-6,9H2,1H3. The van der Waals surface area contributed by atoms with Crippen LogP contribution < -0.4 is 15.1 Å². The van der Waals surface area contributed by atoms with E-state index in [9.17, 15) is 9.59 Å². The summed E-state index contributed by atoms with van der Waals surface area (Å²) in [6.45, 7) is 0. The van der Waals surface area contributed by atoms with Crippen molar-refractivity contribution < 1.29 is 18.7 Å². The van der Waals surface area contributed by atoms with Crippen molar-refractivity contribution in [2.75, 3.05) is 7.11 Å². The normalized spacial score (nSPS) is 18.5. The van der Waals surface area contributed by atoms with E-state index >= 15 is 0 Å². The lowest BCUT2D eigenvalue weighted by atomic mass is 9.78. The molecule has 1 fully saturated rings. The molecule has 1 aromatic heterocycles. The molecule has 6 heteroatoms. The smallest absolute Gasteiger partial charge is 0.354 e. The summed E-state index contributed by atoms with van der Waals surface area (Å²) in [5, 5.41) is 9.48. The van der Waals surface area contributed by atoms with E-state index in [1.807, 2.05) is 0 Å². The van der Waals surface area contributed by atoms with Gasteiger partial charge in [-0.15, -0.1) is 0 Å². The van der Waals surface area contributed by atoms with E-state index in [0.29, 0.717) is 28.9 Å². The number of carbonyl (C=O) groups is 1. The fourth-order valence-electron chi connectivity index (χ4n) is 3.97. The van der Waals surface area contributed by atoms with Gasteiger partial charge in [-0.3, -0.25) is 4.79 Å². The third-order valence-electron chi connectivity index (χ3n) is 5.13. The Morgan fingerprint density at radius 2 is 1.96 bits per heavy atom. The molecule has 0 amide bonds. The fourth-order valence-corrected chi connectivity index (χ4v) is 3.97. The van der Waals surface area contributed by atoms with Crippen molar-refractivity contribution in [1.82, 2.24) is 0 Å². The Morgan fingerprint density at radius 1 is 1.20 bits per heavy atom. The van der Waals surface area contributed by atoms with Gasteiger partial charge in [0.05, 0.1) is 18.9 Å². The summed E-state index contributed by atoms with van der Waals surface area (Å²) in [6, 6.07) is 4.77. The Labute approximate surface area is 143 Å². The molecule has 0 saturated heterocycles. The Kier molecular flexibility index (Phi) is 3.53. The van der Waals surface area contributed by atoms with Crippen LogP contribution in [0.5, 0.6) is 11.5 Å². The van der Waals surface area contributed by atoms with Crippen molar-refractivity contribution in [2.24, 2.45) is 0 Å². The third-order valence-corrected chi connectivity index (χ3v) is 5.13. The molecule has 2 heterocycles. The molecule has 0 unspecified atom stereocenters. The zero-order valence-corrected chi connectivity index (χ0v) is 13.9. The molecule has 1 aliphatic carbocycles. The summed E-state index contributed by atoms with van der Waals surface area (Å²) in [5.74, 6) is 0.658. The monoisotopic (exact) mass is 339 g/mol. The summed E-state index contributed by atoms with van der Waals surface area (Å²) >= 11 is 0. The van der Waals surface area contributed by atoms with E-state index in [4.69, 9.17) is 19.2 Å². The molecule has 0 radical (unpaired) electrons. The summed E-state index contributed by atoms with van der Waals surface area (Å²) in [6.07, 6.45) is 5.23. The predicted octanol–water partition coefficient (Wildman–Crippen LogP) is 3.34. The van der Waals surface area contributed by atoms with Gasteiger partial charge in [0.2, 0.25) is 0 Å². The second kappa shape index (κ2) is 5.62. The summed E-state index contributed by atoms with van der Waals surface area (Å²) in [5.41, 5.74) is -0.692. The van der Waals surface area contributed by atoms with Crippen molar-refractivity contribution in [3.63, 3.8) is 0 Å².